The van der Waals surface area contributed by atoms with Gasteiger partial charge in [-0.15, -0.1) is 0 Å². The molecule has 1 aliphatic rings. The molecular weight excluding hydrogens is 178 g/mol. The minimum atomic E-state index is -0.0115. The molecule has 0 bridgehead atoms. The predicted octanol–water partition coefficient (Wildman–Crippen LogP) is 0.304. The van der Waals surface area contributed by atoms with Crippen LogP contribution in [0, 0.1) is 6.92 Å². The van der Waals surface area contributed by atoms with Gasteiger partial charge in [-0.2, -0.15) is 5.10 Å². The van der Waals surface area contributed by atoms with Gasteiger partial charge in [-0.05, 0) is 25.3 Å². The summed E-state index contributed by atoms with van der Waals surface area (Å²) in [5.74, 6) is 0. The van der Waals surface area contributed by atoms with Crippen molar-refractivity contribution in [2.45, 2.75) is 32.4 Å². The molecule has 0 aliphatic heterocycles. The summed E-state index contributed by atoms with van der Waals surface area (Å²) in [7, 11) is 0. The largest absolute Gasteiger partial charge is 0.312 e. The molecule has 4 heteroatoms. The van der Waals surface area contributed by atoms with Gasteiger partial charge in [0, 0.05) is 18.7 Å². The van der Waals surface area contributed by atoms with E-state index < -0.39 is 0 Å². The molecule has 1 fully saturated rings. The van der Waals surface area contributed by atoms with Crippen molar-refractivity contribution >= 4 is 0 Å². The topological polar surface area (TPSA) is 46.9 Å². The van der Waals surface area contributed by atoms with E-state index >= 15 is 0 Å². The number of hydrogen-bond acceptors (Lipinski definition) is 3. The second-order valence-electron chi connectivity index (χ2n) is 3.82. The Bertz CT molecular complexity index is 368. The Morgan fingerprint density at radius 1 is 1.64 bits per heavy atom. The number of nitrogens with zero attached hydrogens (tertiary/aromatic N) is 2. The third kappa shape index (κ3) is 2.42. The normalized spacial score (nSPS) is 15.8. The van der Waals surface area contributed by atoms with Crippen LogP contribution in [0.1, 0.15) is 18.4 Å². The Labute approximate surface area is 82.9 Å². The molecule has 1 heterocycles. The first-order valence-corrected chi connectivity index (χ1v) is 5.03. The van der Waals surface area contributed by atoms with Crippen LogP contribution in [-0.4, -0.2) is 22.4 Å². The van der Waals surface area contributed by atoms with E-state index in [1.54, 1.807) is 12.3 Å². The fraction of sp³-hybridized carbons (Fsp3) is 0.600. The predicted molar refractivity (Wildman–Crippen MR) is 54.3 cm³/mol. The van der Waals surface area contributed by atoms with E-state index in [9.17, 15) is 4.79 Å². The minimum Gasteiger partial charge on any atom is -0.312 e. The highest BCUT2D eigenvalue weighted by atomic mass is 16.1. The van der Waals surface area contributed by atoms with Gasteiger partial charge in [0.1, 0.15) is 0 Å². The first-order chi connectivity index (χ1) is 6.75. The summed E-state index contributed by atoms with van der Waals surface area (Å²) in [6.45, 7) is 3.37. The number of aromatic nitrogens is 2. The molecular formula is C10H15N3O. The molecule has 76 valence electrons. The van der Waals surface area contributed by atoms with Crippen molar-refractivity contribution in [2.75, 3.05) is 6.54 Å². The highest BCUT2D eigenvalue weighted by molar-refractivity contribution is 5.02. The lowest BCUT2D eigenvalue weighted by molar-refractivity contribution is 0.529. The zero-order valence-electron chi connectivity index (χ0n) is 8.36. The maximum absolute atomic E-state index is 11.4. The zero-order chi connectivity index (χ0) is 9.97. The van der Waals surface area contributed by atoms with Crippen LogP contribution in [0.4, 0.5) is 0 Å². The lowest BCUT2D eigenvalue weighted by atomic mass is 10.3. The molecule has 1 aliphatic carbocycles. The maximum Gasteiger partial charge on any atom is 0.267 e. The van der Waals surface area contributed by atoms with Gasteiger partial charge in [0.25, 0.3) is 5.56 Å². The third-order valence-electron chi connectivity index (χ3n) is 2.34. The van der Waals surface area contributed by atoms with Gasteiger partial charge in [0.2, 0.25) is 0 Å². The zero-order valence-corrected chi connectivity index (χ0v) is 8.36. The number of aryl methyl sites for hydroxylation is 1. The molecule has 1 aromatic heterocycles. The fourth-order valence-electron chi connectivity index (χ4n) is 1.35. The van der Waals surface area contributed by atoms with Crippen molar-refractivity contribution < 1.29 is 0 Å². The van der Waals surface area contributed by atoms with Gasteiger partial charge in [-0.3, -0.25) is 4.79 Å². The minimum absolute atomic E-state index is 0.0115. The van der Waals surface area contributed by atoms with Crippen LogP contribution in [0.3, 0.4) is 0 Å². The monoisotopic (exact) mass is 193 g/mol. The van der Waals surface area contributed by atoms with E-state index in [4.69, 9.17) is 0 Å². The molecule has 1 aromatic rings. The lowest BCUT2D eigenvalue weighted by Gasteiger charge is -2.04. The van der Waals surface area contributed by atoms with Crippen LogP contribution in [0.5, 0.6) is 0 Å². The maximum atomic E-state index is 11.4. The average molecular weight is 193 g/mol. The lowest BCUT2D eigenvalue weighted by Crippen LogP contribution is -2.29. The Kier molecular flexibility index (Phi) is 2.63. The van der Waals surface area contributed by atoms with E-state index in [0.717, 1.165) is 12.1 Å². The molecule has 4 nitrogen and oxygen atoms in total. The van der Waals surface area contributed by atoms with Crippen LogP contribution in [0.15, 0.2) is 17.1 Å². The molecule has 1 N–H and O–H groups in total. The van der Waals surface area contributed by atoms with Crippen LogP contribution >= 0.6 is 0 Å². The first kappa shape index (κ1) is 9.40. The number of nitrogens with one attached hydrogen (secondary N) is 1. The Balaban J connectivity index is 1.91. The Morgan fingerprint density at radius 3 is 3.07 bits per heavy atom. The molecule has 2 rings (SSSR count). The van der Waals surface area contributed by atoms with E-state index in [-0.39, 0.29) is 5.56 Å². The molecule has 14 heavy (non-hydrogen) atoms. The summed E-state index contributed by atoms with van der Waals surface area (Å²) in [6, 6.07) is 2.31. The summed E-state index contributed by atoms with van der Waals surface area (Å²) in [5, 5.41) is 7.41. The Hall–Kier alpha value is -1.16. The molecule has 0 amide bonds. The van der Waals surface area contributed by atoms with Gasteiger partial charge in [-0.25, -0.2) is 4.68 Å². The second-order valence-corrected chi connectivity index (χ2v) is 3.82. The van der Waals surface area contributed by atoms with Gasteiger partial charge in [0.05, 0.1) is 12.7 Å². The number of hydrogen-bond donors (Lipinski definition) is 1. The standard InChI is InChI=1S/C10H15N3O/c1-8-6-10(14)13(12-7-8)5-4-11-9-2-3-9/h6-7,9,11H,2-5H2,1H3. The van der Waals surface area contributed by atoms with Gasteiger partial charge >= 0.3 is 0 Å². The van der Waals surface area contributed by atoms with Crippen LogP contribution in [-0.2, 0) is 6.54 Å². The molecule has 0 atom stereocenters. The van der Waals surface area contributed by atoms with Gasteiger partial charge in [0.15, 0.2) is 0 Å². The Morgan fingerprint density at radius 2 is 2.43 bits per heavy atom. The quantitative estimate of drug-likeness (QED) is 0.748. The third-order valence-corrected chi connectivity index (χ3v) is 2.34. The van der Waals surface area contributed by atoms with Crippen molar-refractivity contribution in [1.29, 1.82) is 0 Å². The molecule has 0 saturated heterocycles. The van der Waals surface area contributed by atoms with Crippen molar-refractivity contribution in [3.63, 3.8) is 0 Å². The van der Waals surface area contributed by atoms with E-state index in [0.29, 0.717) is 12.6 Å². The van der Waals surface area contributed by atoms with E-state index in [2.05, 4.69) is 10.4 Å². The van der Waals surface area contributed by atoms with Crippen molar-refractivity contribution in [3.8, 4) is 0 Å². The highest BCUT2D eigenvalue weighted by Gasteiger charge is 2.19. The summed E-state index contributed by atoms with van der Waals surface area (Å²) in [5.41, 5.74) is 0.906. The molecule has 0 aromatic carbocycles. The number of rotatable bonds is 4. The first-order valence-electron chi connectivity index (χ1n) is 5.03. The van der Waals surface area contributed by atoms with Crippen LogP contribution in [0.2, 0.25) is 0 Å². The van der Waals surface area contributed by atoms with Crippen LogP contribution < -0.4 is 10.9 Å². The molecule has 0 unspecified atom stereocenters. The molecule has 0 radical (unpaired) electrons. The SMILES string of the molecule is Cc1cnn(CCNC2CC2)c(=O)c1. The average Bonchev–Trinajstić information content (AvgIpc) is 2.92. The van der Waals surface area contributed by atoms with Crippen molar-refractivity contribution in [3.05, 3.63) is 28.2 Å². The summed E-state index contributed by atoms with van der Waals surface area (Å²) in [6.07, 6.45) is 4.27. The highest BCUT2D eigenvalue weighted by Crippen LogP contribution is 2.17. The van der Waals surface area contributed by atoms with Crippen LogP contribution in [0.25, 0.3) is 0 Å². The molecule has 1 saturated carbocycles. The summed E-state index contributed by atoms with van der Waals surface area (Å²) in [4.78, 5) is 11.4. The van der Waals surface area contributed by atoms with Gasteiger partial charge < -0.3 is 5.32 Å². The van der Waals surface area contributed by atoms with Crippen molar-refractivity contribution in [2.24, 2.45) is 0 Å². The molecule has 0 spiro atoms. The second kappa shape index (κ2) is 3.92. The smallest absolute Gasteiger partial charge is 0.267 e. The summed E-state index contributed by atoms with van der Waals surface area (Å²) < 4.78 is 1.50. The van der Waals surface area contributed by atoms with Crippen molar-refractivity contribution in [1.82, 2.24) is 15.1 Å². The van der Waals surface area contributed by atoms with E-state index in [1.807, 2.05) is 6.92 Å². The van der Waals surface area contributed by atoms with E-state index in [1.165, 1.54) is 17.5 Å². The fourth-order valence-corrected chi connectivity index (χ4v) is 1.35. The van der Waals surface area contributed by atoms with Gasteiger partial charge in [-0.1, -0.05) is 0 Å². The summed E-state index contributed by atoms with van der Waals surface area (Å²) >= 11 is 0.